The molecule has 4 nitrogen and oxygen atoms in total. The Morgan fingerprint density at radius 1 is 1.00 bits per heavy atom. The lowest BCUT2D eigenvalue weighted by molar-refractivity contribution is -0.122. The van der Waals surface area contributed by atoms with Crippen LogP contribution < -0.4 is 14.8 Å². The van der Waals surface area contributed by atoms with Crippen molar-refractivity contribution in [3.05, 3.63) is 60.2 Å². The van der Waals surface area contributed by atoms with Gasteiger partial charge in [0.05, 0.1) is 13.7 Å². The van der Waals surface area contributed by atoms with Gasteiger partial charge in [-0.15, -0.1) is 0 Å². The first-order valence-corrected chi connectivity index (χ1v) is 8.60. The summed E-state index contributed by atoms with van der Waals surface area (Å²) in [4.78, 5) is 12.2. The molecule has 25 heavy (non-hydrogen) atoms. The van der Waals surface area contributed by atoms with E-state index in [4.69, 9.17) is 9.47 Å². The second-order valence-electron chi connectivity index (χ2n) is 6.72. The standard InChI is InChI=1S/C21H27NO3/c1-21(2,16-17-8-5-4-6-9-17)22-20(23)10-7-15-25-19-13-11-18(24-3)12-14-19/h4-6,8-9,11-14H,7,10,15-16H2,1-3H3,(H,22,23). The molecule has 0 radical (unpaired) electrons. The maximum Gasteiger partial charge on any atom is 0.220 e. The molecule has 0 bridgehead atoms. The third-order valence-electron chi connectivity index (χ3n) is 3.84. The van der Waals surface area contributed by atoms with Crippen LogP contribution in [0.1, 0.15) is 32.3 Å². The molecule has 2 rings (SSSR count). The van der Waals surface area contributed by atoms with Crippen LogP contribution in [0.15, 0.2) is 54.6 Å². The minimum Gasteiger partial charge on any atom is -0.497 e. The molecule has 2 aromatic carbocycles. The highest BCUT2D eigenvalue weighted by atomic mass is 16.5. The summed E-state index contributed by atoms with van der Waals surface area (Å²) in [5.41, 5.74) is 0.950. The zero-order chi connectivity index (χ0) is 18.1. The molecule has 134 valence electrons. The van der Waals surface area contributed by atoms with Crippen LogP contribution in [0.2, 0.25) is 0 Å². The van der Waals surface area contributed by atoms with E-state index in [1.54, 1.807) is 7.11 Å². The normalized spacial score (nSPS) is 11.0. The first-order valence-electron chi connectivity index (χ1n) is 8.60. The Labute approximate surface area is 150 Å². The molecule has 0 unspecified atom stereocenters. The van der Waals surface area contributed by atoms with Gasteiger partial charge in [-0.1, -0.05) is 30.3 Å². The van der Waals surface area contributed by atoms with Crippen LogP contribution in [0.4, 0.5) is 0 Å². The van der Waals surface area contributed by atoms with E-state index in [1.807, 2.05) is 56.3 Å². The summed E-state index contributed by atoms with van der Waals surface area (Å²) in [5, 5.41) is 3.11. The van der Waals surface area contributed by atoms with Gasteiger partial charge in [-0.2, -0.15) is 0 Å². The van der Waals surface area contributed by atoms with Gasteiger partial charge in [0.25, 0.3) is 0 Å². The van der Waals surface area contributed by atoms with Gasteiger partial charge in [0, 0.05) is 12.0 Å². The maximum atomic E-state index is 12.2. The fourth-order valence-corrected chi connectivity index (χ4v) is 2.68. The summed E-state index contributed by atoms with van der Waals surface area (Å²) in [5.74, 6) is 1.64. The summed E-state index contributed by atoms with van der Waals surface area (Å²) in [7, 11) is 1.63. The Balaban J connectivity index is 1.69. The summed E-state index contributed by atoms with van der Waals surface area (Å²) in [6.45, 7) is 4.61. The second kappa shape index (κ2) is 9.11. The van der Waals surface area contributed by atoms with E-state index in [0.717, 1.165) is 17.9 Å². The van der Waals surface area contributed by atoms with Crippen molar-refractivity contribution >= 4 is 5.91 Å². The zero-order valence-corrected chi connectivity index (χ0v) is 15.2. The number of methoxy groups -OCH3 is 1. The van der Waals surface area contributed by atoms with Gasteiger partial charge in [-0.25, -0.2) is 0 Å². The number of hydrogen-bond acceptors (Lipinski definition) is 3. The van der Waals surface area contributed by atoms with Gasteiger partial charge in [-0.3, -0.25) is 4.79 Å². The van der Waals surface area contributed by atoms with E-state index >= 15 is 0 Å². The topological polar surface area (TPSA) is 47.6 Å². The summed E-state index contributed by atoms with van der Waals surface area (Å²) in [6.07, 6.45) is 1.94. The average molecular weight is 341 g/mol. The van der Waals surface area contributed by atoms with Gasteiger partial charge in [0.1, 0.15) is 11.5 Å². The number of hydrogen-bond donors (Lipinski definition) is 1. The third kappa shape index (κ3) is 6.87. The Hall–Kier alpha value is -2.49. The fourth-order valence-electron chi connectivity index (χ4n) is 2.68. The van der Waals surface area contributed by atoms with Gasteiger partial charge in [0.15, 0.2) is 0 Å². The van der Waals surface area contributed by atoms with Crippen molar-refractivity contribution in [1.29, 1.82) is 0 Å². The quantitative estimate of drug-likeness (QED) is 0.702. The van der Waals surface area contributed by atoms with Crippen molar-refractivity contribution in [2.75, 3.05) is 13.7 Å². The van der Waals surface area contributed by atoms with Crippen LogP contribution in [0.25, 0.3) is 0 Å². The van der Waals surface area contributed by atoms with E-state index in [9.17, 15) is 4.79 Å². The van der Waals surface area contributed by atoms with Crippen molar-refractivity contribution in [3.63, 3.8) is 0 Å². The highest BCUT2D eigenvalue weighted by Gasteiger charge is 2.20. The molecule has 0 saturated carbocycles. The lowest BCUT2D eigenvalue weighted by Gasteiger charge is -2.26. The van der Waals surface area contributed by atoms with Gasteiger partial charge < -0.3 is 14.8 Å². The molecule has 0 aliphatic heterocycles. The van der Waals surface area contributed by atoms with Crippen LogP contribution in [0.5, 0.6) is 11.5 Å². The van der Waals surface area contributed by atoms with Crippen molar-refractivity contribution in [2.45, 2.75) is 38.6 Å². The second-order valence-corrected chi connectivity index (χ2v) is 6.72. The zero-order valence-electron chi connectivity index (χ0n) is 15.2. The predicted octanol–water partition coefficient (Wildman–Crippen LogP) is 3.99. The number of amides is 1. The molecule has 2 aromatic rings. The maximum absolute atomic E-state index is 12.2. The summed E-state index contributed by atoms with van der Waals surface area (Å²) >= 11 is 0. The Morgan fingerprint density at radius 2 is 1.64 bits per heavy atom. The summed E-state index contributed by atoms with van der Waals surface area (Å²) < 4.78 is 10.8. The van der Waals surface area contributed by atoms with Crippen molar-refractivity contribution in [2.24, 2.45) is 0 Å². The Morgan fingerprint density at radius 3 is 2.28 bits per heavy atom. The van der Waals surface area contributed by atoms with Crippen molar-refractivity contribution < 1.29 is 14.3 Å². The molecule has 1 N–H and O–H groups in total. The predicted molar refractivity (Wildman–Crippen MR) is 100 cm³/mol. The average Bonchev–Trinajstić information content (AvgIpc) is 2.59. The lowest BCUT2D eigenvalue weighted by atomic mass is 9.94. The third-order valence-corrected chi connectivity index (χ3v) is 3.84. The van der Waals surface area contributed by atoms with E-state index in [0.29, 0.717) is 19.4 Å². The van der Waals surface area contributed by atoms with Crippen LogP contribution in [-0.4, -0.2) is 25.2 Å². The van der Waals surface area contributed by atoms with E-state index < -0.39 is 0 Å². The van der Waals surface area contributed by atoms with E-state index in [1.165, 1.54) is 5.56 Å². The molecular weight excluding hydrogens is 314 g/mol. The largest absolute Gasteiger partial charge is 0.497 e. The number of carbonyl (C=O) groups excluding carboxylic acids is 1. The minimum atomic E-state index is -0.269. The first kappa shape index (κ1) is 18.8. The fraction of sp³-hybridized carbons (Fsp3) is 0.381. The Bertz CT molecular complexity index is 651. The number of rotatable bonds is 9. The lowest BCUT2D eigenvalue weighted by Crippen LogP contribution is -2.45. The highest BCUT2D eigenvalue weighted by Crippen LogP contribution is 2.17. The molecule has 0 aliphatic carbocycles. The molecule has 0 spiro atoms. The molecule has 0 atom stereocenters. The van der Waals surface area contributed by atoms with Crippen LogP contribution in [0.3, 0.4) is 0 Å². The molecule has 4 heteroatoms. The number of benzene rings is 2. The minimum absolute atomic E-state index is 0.0549. The number of nitrogens with one attached hydrogen (secondary N) is 1. The van der Waals surface area contributed by atoms with Crippen LogP contribution in [0, 0.1) is 0 Å². The van der Waals surface area contributed by atoms with Crippen LogP contribution >= 0.6 is 0 Å². The summed E-state index contributed by atoms with van der Waals surface area (Å²) in [6, 6.07) is 17.6. The first-order chi connectivity index (χ1) is 12.0. The smallest absolute Gasteiger partial charge is 0.220 e. The SMILES string of the molecule is COc1ccc(OCCCC(=O)NC(C)(C)Cc2ccccc2)cc1. The Kier molecular flexibility index (Phi) is 6.87. The monoisotopic (exact) mass is 341 g/mol. The molecule has 0 heterocycles. The number of ether oxygens (including phenoxy) is 2. The molecular formula is C21H27NO3. The molecule has 1 amide bonds. The molecule has 0 fully saturated rings. The van der Waals surface area contributed by atoms with Gasteiger partial charge in [-0.05, 0) is 56.5 Å². The van der Waals surface area contributed by atoms with Gasteiger partial charge >= 0.3 is 0 Å². The molecule has 0 saturated heterocycles. The van der Waals surface area contributed by atoms with E-state index in [2.05, 4.69) is 17.4 Å². The van der Waals surface area contributed by atoms with Crippen molar-refractivity contribution in [3.8, 4) is 11.5 Å². The van der Waals surface area contributed by atoms with Crippen LogP contribution in [-0.2, 0) is 11.2 Å². The molecule has 0 aliphatic rings. The van der Waals surface area contributed by atoms with Gasteiger partial charge in [0.2, 0.25) is 5.91 Å². The van der Waals surface area contributed by atoms with Crippen molar-refractivity contribution in [1.82, 2.24) is 5.32 Å². The highest BCUT2D eigenvalue weighted by molar-refractivity contribution is 5.76. The molecule has 0 aromatic heterocycles. The van der Waals surface area contributed by atoms with E-state index in [-0.39, 0.29) is 11.4 Å². The number of carbonyl (C=O) groups is 1.